The van der Waals surface area contributed by atoms with Gasteiger partial charge >= 0.3 is 12.2 Å². The number of oxazole rings is 1. The molecule has 0 unspecified atom stereocenters. The number of hydrogen-bond donors (Lipinski definition) is 2. The van der Waals surface area contributed by atoms with Gasteiger partial charge in [0.25, 0.3) is 5.89 Å². The van der Waals surface area contributed by atoms with Crippen LogP contribution in [0.25, 0.3) is 11.1 Å². The van der Waals surface area contributed by atoms with Gasteiger partial charge in [-0.05, 0) is 68.3 Å². The Morgan fingerprint density at radius 1 is 0.873 bits per heavy atom. The van der Waals surface area contributed by atoms with E-state index in [1.165, 1.54) is 4.90 Å². The fourth-order valence-electron chi connectivity index (χ4n) is 7.26. The number of nitrogens with one attached hydrogen (secondary N) is 1. The first-order chi connectivity index (χ1) is 26.8. The smallest absolute Gasteiger partial charge is 0.410 e. The maximum atomic E-state index is 14.6. The lowest BCUT2D eigenvalue weighted by molar-refractivity contribution is -0.139. The molecule has 13 heteroatoms. The molecule has 3 heterocycles. The number of Topliss-reactive ketones (excluding diaryl/α,β-unsaturated/α-hetero) is 2. The summed E-state index contributed by atoms with van der Waals surface area (Å²) < 4.78 is 17.2. The Kier molecular flexibility index (Phi) is 13.6. The Bertz CT molecular complexity index is 1880. The molecule has 3 amide bonds. The van der Waals surface area contributed by atoms with E-state index in [0.717, 1.165) is 24.0 Å². The average Bonchev–Trinajstić information content (AvgIpc) is 3.99. The van der Waals surface area contributed by atoms with Gasteiger partial charge in [0.2, 0.25) is 11.7 Å². The molecule has 3 aromatic carbocycles. The van der Waals surface area contributed by atoms with Crippen LogP contribution in [0.15, 0.2) is 89.3 Å². The third-order valence-electron chi connectivity index (χ3n) is 10.2. The third-order valence-corrected chi connectivity index (χ3v) is 10.2. The highest BCUT2D eigenvalue weighted by Crippen LogP contribution is 2.29. The van der Waals surface area contributed by atoms with Crippen LogP contribution in [0, 0.1) is 5.92 Å². The van der Waals surface area contributed by atoms with Crippen LogP contribution < -0.4 is 11.1 Å². The largest absolute Gasteiger partial charge is 0.445 e. The van der Waals surface area contributed by atoms with Crippen molar-refractivity contribution in [3.63, 3.8) is 0 Å². The zero-order valence-electron chi connectivity index (χ0n) is 31.0. The number of hydrogen-bond acceptors (Lipinski definition) is 10. The van der Waals surface area contributed by atoms with Crippen molar-refractivity contribution in [1.29, 1.82) is 0 Å². The molecule has 0 bridgehead atoms. The van der Waals surface area contributed by atoms with Crippen LogP contribution in [0.3, 0.4) is 0 Å². The van der Waals surface area contributed by atoms with Gasteiger partial charge in [-0.25, -0.2) is 14.6 Å². The Hall–Kier alpha value is -5.56. The number of alkyl carbamates (subject to hydrolysis) is 1. The van der Waals surface area contributed by atoms with Crippen LogP contribution in [0.4, 0.5) is 9.59 Å². The minimum atomic E-state index is -1.06. The number of aryl methyl sites for hydroxylation is 1. The van der Waals surface area contributed by atoms with Crippen LogP contribution in [-0.2, 0) is 32.1 Å². The number of ether oxygens (including phenoxy) is 2. The number of ketones is 2. The number of rotatable bonds is 17. The van der Waals surface area contributed by atoms with Gasteiger partial charge in [0.1, 0.15) is 24.3 Å². The lowest BCUT2D eigenvalue weighted by atomic mass is 9.89. The van der Waals surface area contributed by atoms with Crippen molar-refractivity contribution in [2.45, 2.75) is 82.6 Å². The fourth-order valence-corrected chi connectivity index (χ4v) is 7.26. The summed E-state index contributed by atoms with van der Waals surface area (Å²) in [5.74, 6) is -2.13. The Balaban J connectivity index is 1.23. The number of carbonyl (C=O) groups excluding carboxylic acids is 5. The minimum absolute atomic E-state index is 0.00524. The van der Waals surface area contributed by atoms with Gasteiger partial charge in [-0.15, -0.1) is 0 Å². The number of benzene rings is 3. The SMILES string of the molecule is NCCCC[C@H](CC(=O)[C@@H]1C[C@@H](OC(=O)N2CCCC2)CN1C(=O)[C@@H](CCc1ccccc1)NC(=O)OCc1ccccc1)C(=O)c1nc2ccccc2o1. The zero-order valence-corrected chi connectivity index (χ0v) is 31.0. The van der Waals surface area contributed by atoms with Gasteiger partial charge in [-0.2, -0.15) is 0 Å². The van der Waals surface area contributed by atoms with Crippen LogP contribution >= 0.6 is 0 Å². The van der Waals surface area contributed by atoms with E-state index in [4.69, 9.17) is 19.6 Å². The molecule has 3 N–H and O–H groups in total. The van der Waals surface area contributed by atoms with Crippen molar-refractivity contribution in [1.82, 2.24) is 20.1 Å². The summed E-state index contributed by atoms with van der Waals surface area (Å²) >= 11 is 0. The van der Waals surface area contributed by atoms with E-state index < -0.39 is 48.0 Å². The molecule has 13 nitrogen and oxygen atoms in total. The van der Waals surface area contributed by atoms with Crippen LogP contribution in [0.2, 0.25) is 0 Å². The second-order valence-electron chi connectivity index (χ2n) is 14.2. The summed E-state index contributed by atoms with van der Waals surface area (Å²) in [7, 11) is 0. The first-order valence-corrected chi connectivity index (χ1v) is 19.2. The molecule has 55 heavy (non-hydrogen) atoms. The maximum Gasteiger partial charge on any atom is 0.410 e. The van der Waals surface area contributed by atoms with Crippen molar-refractivity contribution in [3.8, 4) is 0 Å². The summed E-state index contributed by atoms with van der Waals surface area (Å²) in [6.45, 7) is 1.54. The number of para-hydroxylation sites is 2. The third kappa shape index (κ3) is 10.6. The number of amides is 3. The molecular weight excluding hydrogens is 702 g/mol. The van der Waals surface area contributed by atoms with E-state index >= 15 is 0 Å². The number of carbonyl (C=O) groups is 5. The molecule has 6 rings (SSSR count). The molecule has 2 aliphatic heterocycles. The molecule has 1 aromatic heterocycles. The predicted octanol–water partition coefficient (Wildman–Crippen LogP) is 5.84. The van der Waals surface area contributed by atoms with Crippen molar-refractivity contribution in [2.24, 2.45) is 11.7 Å². The van der Waals surface area contributed by atoms with E-state index in [1.54, 1.807) is 29.2 Å². The number of nitrogens with two attached hydrogens (primary N) is 1. The predicted molar refractivity (Wildman–Crippen MR) is 204 cm³/mol. The summed E-state index contributed by atoms with van der Waals surface area (Å²) in [5.41, 5.74) is 8.51. The van der Waals surface area contributed by atoms with E-state index in [2.05, 4.69) is 10.3 Å². The summed E-state index contributed by atoms with van der Waals surface area (Å²) in [5, 5.41) is 2.76. The molecular formula is C42H49N5O8. The topological polar surface area (TPSA) is 174 Å². The summed E-state index contributed by atoms with van der Waals surface area (Å²) in [4.78, 5) is 76.5. The average molecular weight is 752 g/mol. The molecule has 4 aromatic rings. The zero-order chi connectivity index (χ0) is 38.6. The van der Waals surface area contributed by atoms with E-state index in [1.807, 2.05) is 60.7 Å². The number of aromatic nitrogens is 1. The van der Waals surface area contributed by atoms with E-state index in [0.29, 0.717) is 56.4 Å². The second-order valence-corrected chi connectivity index (χ2v) is 14.2. The van der Waals surface area contributed by atoms with Gasteiger partial charge in [-0.3, -0.25) is 14.4 Å². The Labute approximate surface area is 320 Å². The standard InChI is InChI=1S/C42H49N5O8/c43-22-10-9-17-31(38(49)39-44-33-18-7-8-19-37(33)55-39)25-36(48)35-26-32(54-42(52)46-23-11-12-24-46)27-47(35)40(50)34(21-20-29-13-3-1-4-14-29)45-41(51)53-28-30-15-5-2-6-16-30/h1-8,13-16,18-19,31-32,34-35H,9-12,17,20-28,43H2,(H,45,51)/t31-,32-,34-,35+/m1/s1. The highest BCUT2D eigenvalue weighted by molar-refractivity contribution is 6.00. The molecule has 0 radical (unpaired) electrons. The second kappa shape index (κ2) is 19.2. The van der Waals surface area contributed by atoms with Gasteiger partial charge in [0.05, 0.1) is 12.6 Å². The van der Waals surface area contributed by atoms with Crippen LogP contribution in [0.5, 0.6) is 0 Å². The molecule has 4 atom stereocenters. The summed E-state index contributed by atoms with van der Waals surface area (Å²) in [6, 6.07) is 23.7. The van der Waals surface area contributed by atoms with Crippen LogP contribution in [0.1, 0.15) is 73.2 Å². The van der Waals surface area contributed by atoms with Crippen molar-refractivity contribution in [2.75, 3.05) is 26.2 Å². The maximum absolute atomic E-state index is 14.6. The lowest BCUT2D eigenvalue weighted by Crippen LogP contribution is -2.52. The van der Waals surface area contributed by atoms with Crippen LogP contribution in [-0.4, -0.2) is 88.8 Å². The number of unbranched alkanes of at least 4 members (excludes halogenated alkanes) is 1. The first kappa shape index (κ1) is 39.1. The Morgan fingerprint density at radius 3 is 2.27 bits per heavy atom. The highest BCUT2D eigenvalue weighted by Gasteiger charge is 2.45. The van der Waals surface area contributed by atoms with Gasteiger partial charge in [0.15, 0.2) is 11.4 Å². The van der Waals surface area contributed by atoms with E-state index in [-0.39, 0.29) is 44.1 Å². The molecule has 0 aliphatic carbocycles. The quantitative estimate of drug-likeness (QED) is 0.0985. The lowest BCUT2D eigenvalue weighted by Gasteiger charge is -2.29. The van der Waals surface area contributed by atoms with Gasteiger partial charge in [0, 0.05) is 31.8 Å². The van der Waals surface area contributed by atoms with E-state index in [9.17, 15) is 24.0 Å². The summed E-state index contributed by atoms with van der Waals surface area (Å²) in [6.07, 6.45) is 1.87. The normalized spacial score (nSPS) is 17.8. The van der Waals surface area contributed by atoms with Crippen molar-refractivity contribution >= 4 is 40.8 Å². The molecule has 2 aliphatic rings. The monoisotopic (exact) mass is 751 g/mol. The number of likely N-dealkylation sites (tertiary alicyclic amines) is 2. The molecule has 0 spiro atoms. The molecule has 2 fully saturated rings. The van der Waals surface area contributed by atoms with Crippen molar-refractivity contribution in [3.05, 3.63) is 102 Å². The number of nitrogens with zero attached hydrogens (tertiary/aromatic N) is 3. The first-order valence-electron chi connectivity index (χ1n) is 19.2. The number of fused-ring (bicyclic) bond motifs is 1. The molecule has 290 valence electrons. The van der Waals surface area contributed by atoms with Gasteiger partial charge in [-0.1, -0.05) is 79.2 Å². The molecule has 2 saturated heterocycles. The highest BCUT2D eigenvalue weighted by atomic mass is 16.6. The van der Waals surface area contributed by atoms with Crippen molar-refractivity contribution < 1.29 is 37.9 Å². The fraction of sp³-hybridized carbons (Fsp3) is 0.429. The Morgan fingerprint density at radius 2 is 1.56 bits per heavy atom. The van der Waals surface area contributed by atoms with Gasteiger partial charge < -0.3 is 34.7 Å². The minimum Gasteiger partial charge on any atom is -0.445 e. The molecule has 0 saturated carbocycles.